The number of hydrogen-bond donors (Lipinski definition) is 2. The molecule has 0 aromatic heterocycles. The van der Waals surface area contributed by atoms with Gasteiger partial charge in [-0.15, -0.1) is 0 Å². The van der Waals surface area contributed by atoms with E-state index in [1.165, 1.54) is 37.1 Å². The number of rotatable bonds is 7. The lowest BCUT2D eigenvalue weighted by Crippen LogP contribution is -2.30. The Morgan fingerprint density at radius 2 is 1.72 bits per heavy atom. The first-order valence-electron chi connectivity index (χ1n) is 9.10. The zero-order valence-corrected chi connectivity index (χ0v) is 14.9. The van der Waals surface area contributed by atoms with E-state index in [9.17, 15) is 4.79 Å². The normalized spacial score (nSPS) is 15.9. The molecule has 0 bridgehead atoms. The van der Waals surface area contributed by atoms with E-state index in [4.69, 9.17) is 0 Å². The van der Waals surface area contributed by atoms with Gasteiger partial charge >= 0.3 is 0 Å². The predicted molar refractivity (Wildman–Crippen MR) is 102 cm³/mol. The van der Waals surface area contributed by atoms with Crippen LogP contribution in [-0.2, 0) is 11.3 Å². The highest BCUT2D eigenvalue weighted by atomic mass is 16.1. The molecule has 1 fully saturated rings. The third-order valence-electron chi connectivity index (χ3n) is 4.71. The highest BCUT2D eigenvalue weighted by Crippen LogP contribution is 2.15. The van der Waals surface area contributed by atoms with Crippen molar-refractivity contribution in [2.45, 2.75) is 32.4 Å². The van der Waals surface area contributed by atoms with E-state index in [0.717, 1.165) is 12.2 Å². The van der Waals surface area contributed by atoms with Gasteiger partial charge in [0.2, 0.25) is 5.91 Å². The lowest BCUT2D eigenvalue weighted by atomic mass is 10.1. The second-order valence-corrected chi connectivity index (χ2v) is 6.74. The molecule has 1 amide bonds. The average molecular weight is 337 g/mol. The zero-order valence-electron chi connectivity index (χ0n) is 14.9. The van der Waals surface area contributed by atoms with Crippen LogP contribution in [0, 0.1) is 0 Å². The molecule has 0 spiro atoms. The number of nitrogens with zero attached hydrogens (tertiary/aromatic N) is 1. The van der Waals surface area contributed by atoms with E-state index < -0.39 is 0 Å². The molecule has 1 saturated heterocycles. The maximum atomic E-state index is 12.1. The Bertz CT molecular complexity index is 663. The third-order valence-corrected chi connectivity index (χ3v) is 4.71. The van der Waals surface area contributed by atoms with Crippen LogP contribution >= 0.6 is 0 Å². The van der Waals surface area contributed by atoms with E-state index in [1.807, 2.05) is 30.3 Å². The molecular weight excluding hydrogens is 310 g/mol. The molecule has 0 aliphatic carbocycles. The fraction of sp³-hybridized carbons (Fsp3) is 0.381. The molecule has 2 N–H and O–H groups in total. The van der Waals surface area contributed by atoms with Gasteiger partial charge in [0.1, 0.15) is 0 Å². The van der Waals surface area contributed by atoms with E-state index in [2.05, 4.69) is 46.7 Å². The van der Waals surface area contributed by atoms with Crippen molar-refractivity contribution in [3.63, 3.8) is 0 Å². The number of anilines is 1. The summed E-state index contributed by atoms with van der Waals surface area (Å²) in [5.74, 6) is -0.0184. The summed E-state index contributed by atoms with van der Waals surface area (Å²) in [7, 11) is 0. The van der Waals surface area contributed by atoms with Gasteiger partial charge in [0.25, 0.3) is 0 Å². The van der Waals surface area contributed by atoms with Crippen LogP contribution in [0.3, 0.4) is 0 Å². The molecule has 0 radical (unpaired) electrons. The van der Waals surface area contributed by atoms with E-state index >= 15 is 0 Å². The van der Waals surface area contributed by atoms with Crippen molar-refractivity contribution in [2.75, 3.05) is 25.0 Å². The van der Waals surface area contributed by atoms with E-state index in [1.54, 1.807) is 0 Å². The lowest BCUT2D eigenvalue weighted by Gasteiger charge is -2.15. The Hall–Kier alpha value is -2.17. The van der Waals surface area contributed by atoms with Crippen LogP contribution in [0.1, 0.15) is 36.9 Å². The van der Waals surface area contributed by atoms with E-state index in [-0.39, 0.29) is 11.9 Å². The van der Waals surface area contributed by atoms with Crippen LogP contribution in [0.2, 0.25) is 0 Å². The standard InChI is InChI=1S/C21H27N3O/c1-17(19-7-3-2-4-8-19)22-15-21(25)23-20-11-9-18(10-12-20)16-24-13-5-6-14-24/h2-4,7-12,17,22H,5-6,13-16H2,1H3,(H,23,25)/t17-/m0/s1. The van der Waals surface area contributed by atoms with Gasteiger partial charge in [0.15, 0.2) is 0 Å². The number of benzene rings is 2. The molecule has 0 saturated carbocycles. The van der Waals surface area contributed by atoms with Crippen LogP contribution in [0.5, 0.6) is 0 Å². The minimum Gasteiger partial charge on any atom is -0.325 e. The van der Waals surface area contributed by atoms with Crippen molar-refractivity contribution in [3.05, 3.63) is 65.7 Å². The summed E-state index contributed by atoms with van der Waals surface area (Å²) in [6.07, 6.45) is 2.62. The maximum absolute atomic E-state index is 12.1. The number of carbonyl (C=O) groups excluding carboxylic acids is 1. The van der Waals surface area contributed by atoms with Gasteiger partial charge in [-0.05, 0) is 56.1 Å². The maximum Gasteiger partial charge on any atom is 0.238 e. The molecule has 0 unspecified atom stereocenters. The van der Waals surface area contributed by atoms with Crippen molar-refractivity contribution in [2.24, 2.45) is 0 Å². The highest BCUT2D eigenvalue weighted by Gasteiger charge is 2.12. The Morgan fingerprint density at radius 1 is 1.04 bits per heavy atom. The summed E-state index contributed by atoms with van der Waals surface area (Å²) in [6.45, 7) is 5.76. The van der Waals surface area contributed by atoms with Crippen LogP contribution in [0.15, 0.2) is 54.6 Å². The van der Waals surface area contributed by atoms with Crippen molar-refractivity contribution < 1.29 is 4.79 Å². The molecule has 1 atom stereocenters. The molecule has 4 nitrogen and oxygen atoms in total. The molecule has 1 heterocycles. The summed E-state index contributed by atoms with van der Waals surface area (Å²) in [5, 5.41) is 6.21. The van der Waals surface area contributed by atoms with Gasteiger partial charge in [0.05, 0.1) is 6.54 Å². The van der Waals surface area contributed by atoms with Crippen molar-refractivity contribution in [1.82, 2.24) is 10.2 Å². The fourth-order valence-corrected chi connectivity index (χ4v) is 3.20. The molecule has 1 aliphatic heterocycles. The first-order valence-corrected chi connectivity index (χ1v) is 9.10. The van der Waals surface area contributed by atoms with Crippen molar-refractivity contribution in [3.8, 4) is 0 Å². The van der Waals surface area contributed by atoms with Crippen LogP contribution in [-0.4, -0.2) is 30.4 Å². The number of nitrogens with one attached hydrogen (secondary N) is 2. The summed E-state index contributed by atoms with van der Waals surface area (Å²) in [4.78, 5) is 14.6. The Morgan fingerprint density at radius 3 is 2.40 bits per heavy atom. The zero-order chi connectivity index (χ0) is 17.5. The average Bonchev–Trinajstić information content (AvgIpc) is 3.15. The van der Waals surface area contributed by atoms with Crippen LogP contribution in [0.25, 0.3) is 0 Å². The third kappa shape index (κ3) is 5.41. The second-order valence-electron chi connectivity index (χ2n) is 6.74. The fourth-order valence-electron chi connectivity index (χ4n) is 3.20. The molecule has 2 aromatic carbocycles. The minimum absolute atomic E-state index is 0.0184. The molecule has 1 aliphatic rings. The molecule has 4 heteroatoms. The minimum atomic E-state index is -0.0184. The number of hydrogen-bond acceptors (Lipinski definition) is 3. The molecule has 132 valence electrons. The monoisotopic (exact) mass is 337 g/mol. The topological polar surface area (TPSA) is 44.4 Å². The van der Waals surface area contributed by atoms with Gasteiger partial charge in [-0.1, -0.05) is 42.5 Å². The van der Waals surface area contributed by atoms with Gasteiger partial charge in [-0.3, -0.25) is 9.69 Å². The van der Waals surface area contributed by atoms with Gasteiger partial charge in [-0.2, -0.15) is 0 Å². The summed E-state index contributed by atoms with van der Waals surface area (Å²) < 4.78 is 0. The van der Waals surface area contributed by atoms with Crippen LogP contribution in [0.4, 0.5) is 5.69 Å². The lowest BCUT2D eigenvalue weighted by molar-refractivity contribution is -0.115. The van der Waals surface area contributed by atoms with Crippen LogP contribution < -0.4 is 10.6 Å². The number of likely N-dealkylation sites (tertiary alicyclic amines) is 1. The summed E-state index contributed by atoms with van der Waals surface area (Å²) in [5.41, 5.74) is 3.33. The first kappa shape index (κ1) is 17.6. The predicted octanol–water partition coefficient (Wildman–Crippen LogP) is 3.57. The quantitative estimate of drug-likeness (QED) is 0.812. The molecule has 2 aromatic rings. The molecule has 3 rings (SSSR count). The largest absolute Gasteiger partial charge is 0.325 e. The molecular formula is C21H27N3O. The highest BCUT2D eigenvalue weighted by molar-refractivity contribution is 5.92. The molecule has 25 heavy (non-hydrogen) atoms. The Labute approximate surface area is 150 Å². The van der Waals surface area contributed by atoms with E-state index in [0.29, 0.717) is 6.54 Å². The number of amides is 1. The van der Waals surface area contributed by atoms with Crippen molar-refractivity contribution in [1.29, 1.82) is 0 Å². The smallest absolute Gasteiger partial charge is 0.238 e. The van der Waals surface area contributed by atoms with Gasteiger partial charge in [0, 0.05) is 18.3 Å². The van der Waals surface area contributed by atoms with Crippen molar-refractivity contribution >= 4 is 11.6 Å². The Balaban J connectivity index is 1.44. The summed E-state index contributed by atoms with van der Waals surface area (Å²) in [6, 6.07) is 18.5. The van der Waals surface area contributed by atoms with Gasteiger partial charge < -0.3 is 10.6 Å². The first-order chi connectivity index (χ1) is 12.2. The van der Waals surface area contributed by atoms with Gasteiger partial charge in [-0.25, -0.2) is 0 Å². The number of carbonyl (C=O) groups is 1. The SMILES string of the molecule is C[C@H](NCC(=O)Nc1ccc(CN2CCCC2)cc1)c1ccccc1. The second kappa shape index (κ2) is 8.79. The summed E-state index contributed by atoms with van der Waals surface area (Å²) >= 11 is 0. The Kier molecular flexibility index (Phi) is 6.20.